The van der Waals surface area contributed by atoms with Crippen molar-refractivity contribution in [2.24, 2.45) is 0 Å². The van der Waals surface area contributed by atoms with E-state index < -0.39 is 11.6 Å². The topological polar surface area (TPSA) is 12.0 Å². The SMILES string of the molecule is CCNC(c1ccsc1C)c1ccc(F)c(F)c1Br. The Kier molecular flexibility index (Phi) is 4.71. The van der Waals surface area contributed by atoms with Gasteiger partial charge in [-0.1, -0.05) is 13.0 Å². The van der Waals surface area contributed by atoms with E-state index in [2.05, 4.69) is 21.2 Å². The lowest BCUT2D eigenvalue weighted by molar-refractivity contribution is 0.498. The summed E-state index contributed by atoms with van der Waals surface area (Å²) in [4.78, 5) is 1.17. The van der Waals surface area contributed by atoms with Crippen LogP contribution in [0.25, 0.3) is 0 Å². The lowest BCUT2D eigenvalue weighted by Crippen LogP contribution is -2.23. The number of thiophene rings is 1. The van der Waals surface area contributed by atoms with E-state index in [0.29, 0.717) is 5.56 Å². The first-order valence-corrected chi connectivity index (χ1v) is 7.64. The Morgan fingerprint density at radius 2 is 2.00 bits per heavy atom. The minimum absolute atomic E-state index is 0.138. The Morgan fingerprint density at radius 1 is 1.26 bits per heavy atom. The maximum atomic E-state index is 13.7. The molecule has 0 bridgehead atoms. The van der Waals surface area contributed by atoms with Crippen molar-refractivity contribution in [2.75, 3.05) is 6.54 Å². The van der Waals surface area contributed by atoms with Gasteiger partial charge in [-0.05, 0) is 58.0 Å². The third kappa shape index (κ3) is 2.88. The van der Waals surface area contributed by atoms with Crippen LogP contribution in [-0.4, -0.2) is 6.54 Å². The number of halogens is 3. The number of hydrogen-bond acceptors (Lipinski definition) is 2. The molecule has 1 aromatic carbocycles. The monoisotopic (exact) mass is 345 g/mol. The van der Waals surface area contributed by atoms with Gasteiger partial charge in [0.15, 0.2) is 11.6 Å². The van der Waals surface area contributed by atoms with Crippen molar-refractivity contribution in [1.82, 2.24) is 5.32 Å². The first kappa shape index (κ1) is 14.6. The molecule has 102 valence electrons. The summed E-state index contributed by atoms with van der Waals surface area (Å²) in [6.45, 7) is 4.76. The number of hydrogen-bond donors (Lipinski definition) is 1. The molecule has 1 atom stereocenters. The smallest absolute Gasteiger partial charge is 0.173 e. The second kappa shape index (κ2) is 6.11. The van der Waals surface area contributed by atoms with Crippen molar-refractivity contribution >= 4 is 27.3 Å². The predicted octanol–water partition coefficient (Wildman–Crippen LogP) is 4.80. The molecule has 1 aromatic heterocycles. The maximum absolute atomic E-state index is 13.7. The van der Waals surface area contributed by atoms with E-state index in [1.807, 2.05) is 25.3 Å². The summed E-state index contributed by atoms with van der Waals surface area (Å²) in [6, 6.07) is 4.66. The van der Waals surface area contributed by atoms with Crippen molar-refractivity contribution in [3.05, 3.63) is 55.7 Å². The molecule has 0 aliphatic heterocycles. The summed E-state index contributed by atoms with van der Waals surface area (Å²) < 4.78 is 27.1. The van der Waals surface area contributed by atoms with Crippen molar-refractivity contribution in [2.45, 2.75) is 19.9 Å². The fourth-order valence-corrected chi connectivity index (χ4v) is 3.34. The number of aryl methyl sites for hydroxylation is 1. The van der Waals surface area contributed by atoms with Crippen molar-refractivity contribution in [1.29, 1.82) is 0 Å². The summed E-state index contributed by atoms with van der Waals surface area (Å²) in [7, 11) is 0. The largest absolute Gasteiger partial charge is 0.306 e. The third-order valence-electron chi connectivity index (χ3n) is 2.99. The molecular weight excluding hydrogens is 332 g/mol. The van der Waals surface area contributed by atoms with Crippen LogP contribution >= 0.6 is 27.3 Å². The Balaban J connectivity index is 2.52. The molecule has 0 spiro atoms. The van der Waals surface area contributed by atoms with Crippen LogP contribution in [0.15, 0.2) is 28.1 Å². The highest BCUT2D eigenvalue weighted by molar-refractivity contribution is 9.10. The Hall–Kier alpha value is -0.780. The minimum atomic E-state index is -0.840. The van der Waals surface area contributed by atoms with E-state index in [-0.39, 0.29) is 10.5 Å². The zero-order valence-corrected chi connectivity index (χ0v) is 13.0. The van der Waals surface area contributed by atoms with Crippen molar-refractivity contribution in [3.8, 4) is 0 Å². The van der Waals surface area contributed by atoms with Gasteiger partial charge >= 0.3 is 0 Å². The first-order chi connectivity index (χ1) is 9.06. The van der Waals surface area contributed by atoms with Crippen LogP contribution in [-0.2, 0) is 0 Å². The Bertz CT molecular complexity index is 583. The minimum Gasteiger partial charge on any atom is -0.306 e. The molecule has 2 aromatic rings. The highest BCUT2D eigenvalue weighted by Crippen LogP contribution is 2.34. The lowest BCUT2D eigenvalue weighted by Gasteiger charge is -2.20. The molecule has 0 aliphatic carbocycles. The standard InChI is InChI=1S/C14H14BrF2NS/c1-3-18-14(9-6-7-19-8(9)2)10-4-5-11(16)13(17)12(10)15/h4-7,14,18H,3H2,1-2H3. The van der Waals surface area contributed by atoms with Crippen molar-refractivity contribution in [3.63, 3.8) is 0 Å². The fourth-order valence-electron chi connectivity index (χ4n) is 2.05. The summed E-state index contributed by atoms with van der Waals surface area (Å²) in [6.07, 6.45) is 0. The van der Waals surface area contributed by atoms with Gasteiger partial charge < -0.3 is 5.32 Å². The molecule has 0 aliphatic rings. The van der Waals surface area contributed by atoms with Gasteiger partial charge in [-0.25, -0.2) is 8.78 Å². The zero-order valence-electron chi connectivity index (χ0n) is 10.6. The predicted molar refractivity (Wildman–Crippen MR) is 78.6 cm³/mol. The lowest BCUT2D eigenvalue weighted by atomic mass is 9.99. The summed E-state index contributed by atoms with van der Waals surface area (Å²) in [5.74, 6) is -1.68. The van der Waals surface area contributed by atoms with Gasteiger partial charge in [0.2, 0.25) is 0 Å². The van der Waals surface area contributed by atoms with E-state index in [1.54, 1.807) is 17.4 Å². The van der Waals surface area contributed by atoms with Gasteiger partial charge in [-0.2, -0.15) is 0 Å². The van der Waals surface area contributed by atoms with Crippen LogP contribution in [0.4, 0.5) is 8.78 Å². The van der Waals surface area contributed by atoms with E-state index in [0.717, 1.165) is 12.1 Å². The van der Waals surface area contributed by atoms with Gasteiger partial charge in [0.05, 0.1) is 10.5 Å². The average Bonchev–Trinajstić information content (AvgIpc) is 2.80. The molecule has 0 amide bonds. The molecule has 19 heavy (non-hydrogen) atoms. The van der Waals surface area contributed by atoms with Crippen LogP contribution in [0.1, 0.15) is 29.0 Å². The Labute approximate surface area is 123 Å². The first-order valence-electron chi connectivity index (χ1n) is 5.97. The molecule has 5 heteroatoms. The highest BCUT2D eigenvalue weighted by atomic mass is 79.9. The second-order valence-corrected chi connectivity index (χ2v) is 6.10. The fraction of sp³-hybridized carbons (Fsp3) is 0.286. The number of rotatable bonds is 4. The average molecular weight is 346 g/mol. The van der Waals surface area contributed by atoms with E-state index in [9.17, 15) is 8.78 Å². The van der Waals surface area contributed by atoms with Gasteiger partial charge in [-0.15, -0.1) is 11.3 Å². The molecule has 0 saturated carbocycles. The van der Waals surface area contributed by atoms with E-state index >= 15 is 0 Å². The van der Waals surface area contributed by atoms with Gasteiger partial charge in [-0.3, -0.25) is 0 Å². The normalized spacial score (nSPS) is 12.7. The summed E-state index contributed by atoms with van der Waals surface area (Å²) in [5, 5.41) is 5.32. The molecule has 0 fully saturated rings. The van der Waals surface area contributed by atoms with Gasteiger partial charge in [0, 0.05) is 4.88 Å². The maximum Gasteiger partial charge on any atom is 0.173 e. The van der Waals surface area contributed by atoms with Crippen LogP contribution in [0.3, 0.4) is 0 Å². The quantitative estimate of drug-likeness (QED) is 0.785. The molecule has 1 unspecified atom stereocenters. The highest BCUT2D eigenvalue weighted by Gasteiger charge is 2.21. The Morgan fingerprint density at radius 3 is 2.58 bits per heavy atom. The van der Waals surface area contributed by atoms with E-state index in [4.69, 9.17) is 0 Å². The van der Waals surface area contributed by atoms with Gasteiger partial charge in [0.25, 0.3) is 0 Å². The zero-order chi connectivity index (χ0) is 14.0. The van der Waals surface area contributed by atoms with Crippen LogP contribution in [0.2, 0.25) is 0 Å². The molecule has 1 N–H and O–H groups in total. The second-order valence-electron chi connectivity index (χ2n) is 4.19. The van der Waals surface area contributed by atoms with Crippen LogP contribution < -0.4 is 5.32 Å². The van der Waals surface area contributed by atoms with E-state index in [1.165, 1.54) is 10.9 Å². The number of benzene rings is 1. The molecular formula is C14H14BrF2NS. The number of nitrogens with one attached hydrogen (secondary N) is 1. The summed E-state index contributed by atoms with van der Waals surface area (Å²) >= 11 is 4.80. The van der Waals surface area contributed by atoms with Crippen LogP contribution in [0.5, 0.6) is 0 Å². The van der Waals surface area contributed by atoms with Crippen LogP contribution in [0, 0.1) is 18.6 Å². The molecule has 2 rings (SSSR count). The summed E-state index contributed by atoms with van der Waals surface area (Å²) in [5.41, 5.74) is 1.81. The molecule has 1 heterocycles. The van der Waals surface area contributed by atoms with Gasteiger partial charge in [0.1, 0.15) is 0 Å². The third-order valence-corrected chi connectivity index (χ3v) is 4.66. The molecule has 1 nitrogen and oxygen atoms in total. The van der Waals surface area contributed by atoms with Crippen molar-refractivity contribution < 1.29 is 8.78 Å². The molecule has 0 saturated heterocycles. The molecule has 0 radical (unpaired) electrons.